The van der Waals surface area contributed by atoms with Crippen molar-refractivity contribution < 1.29 is 17.9 Å². The molecule has 0 aliphatic heterocycles. The molecule has 166 valence electrons. The molecule has 0 spiro atoms. The van der Waals surface area contributed by atoms with E-state index in [-0.39, 0.29) is 22.2 Å². The van der Waals surface area contributed by atoms with E-state index in [4.69, 9.17) is 16.3 Å². The molecule has 3 aromatic rings. The smallest absolute Gasteiger partial charge is 0.262 e. The maximum Gasteiger partial charge on any atom is 0.262 e. The molecule has 11 heteroatoms. The average Bonchev–Trinajstić information content (AvgIpc) is 3.03. The molecule has 0 radical (unpaired) electrons. The number of nitrogens with one attached hydrogen (secondary N) is 1. The number of aryl methyl sites for hydroxylation is 2. The summed E-state index contributed by atoms with van der Waals surface area (Å²) in [6.45, 7) is 7.82. The van der Waals surface area contributed by atoms with Crippen LogP contribution in [-0.2, 0) is 14.8 Å². The number of ether oxygens (including phenoxy) is 1. The summed E-state index contributed by atoms with van der Waals surface area (Å²) < 4.78 is 32.5. The van der Waals surface area contributed by atoms with E-state index in [1.54, 1.807) is 13.8 Å². The first-order valence-corrected chi connectivity index (χ1v) is 12.3. The molecular weight excluding hydrogens is 460 g/mol. The highest BCUT2D eigenvalue weighted by molar-refractivity contribution is 7.89. The van der Waals surface area contributed by atoms with Gasteiger partial charge in [0.15, 0.2) is 6.61 Å². The zero-order valence-corrected chi connectivity index (χ0v) is 20.0. The fourth-order valence-electron chi connectivity index (χ4n) is 3.05. The van der Waals surface area contributed by atoms with Gasteiger partial charge in [0, 0.05) is 18.0 Å². The maximum atomic E-state index is 12.7. The van der Waals surface area contributed by atoms with Gasteiger partial charge in [-0.25, -0.2) is 18.4 Å². The summed E-state index contributed by atoms with van der Waals surface area (Å²) in [4.78, 5) is 22.8. The molecule has 2 heterocycles. The molecule has 0 aliphatic carbocycles. The summed E-state index contributed by atoms with van der Waals surface area (Å²) in [6.07, 6.45) is 1.39. The van der Waals surface area contributed by atoms with E-state index >= 15 is 0 Å². The summed E-state index contributed by atoms with van der Waals surface area (Å²) >= 11 is 7.70. The largest absolute Gasteiger partial charge is 0.467 e. The first-order chi connectivity index (χ1) is 14.7. The number of carbonyl (C=O) groups excluding carboxylic acids is 1. The zero-order chi connectivity index (χ0) is 22.8. The van der Waals surface area contributed by atoms with Crippen molar-refractivity contribution in [2.24, 2.45) is 0 Å². The predicted octanol–water partition coefficient (Wildman–Crippen LogP) is 4.01. The first-order valence-electron chi connectivity index (χ1n) is 9.62. The van der Waals surface area contributed by atoms with Crippen molar-refractivity contribution in [1.29, 1.82) is 0 Å². The van der Waals surface area contributed by atoms with Crippen LogP contribution in [0.5, 0.6) is 5.88 Å². The molecule has 1 N–H and O–H groups in total. The van der Waals surface area contributed by atoms with Crippen molar-refractivity contribution in [3.05, 3.63) is 40.0 Å². The monoisotopic (exact) mass is 482 g/mol. The standard InChI is InChI=1S/C20H23ClN4O4S2/c1-5-25(6-2)31(27,28)14-7-8-15(21)16(9-14)24-17(26)10-29-19-18-12(3)13(4)30-20(18)23-11-22-19/h7-9,11H,5-6,10H2,1-4H3,(H,24,26). The fourth-order valence-corrected chi connectivity index (χ4v) is 5.69. The van der Waals surface area contributed by atoms with Crippen molar-refractivity contribution in [3.63, 3.8) is 0 Å². The molecular formula is C20H23ClN4O4S2. The molecule has 3 rings (SSSR count). The molecule has 0 fully saturated rings. The van der Waals surface area contributed by atoms with Gasteiger partial charge in [0.25, 0.3) is 5.91 Å². The molecule has 0 unspecified atom stereocenters. The highest BCUT2D eigenvalue weighted by Crippen LogP contribution is 2.33. The number of halogens is 1. The number of nitrogens with zero attached hydrogens (tertiary/aromatic N) is 3. The number of amides is 1. The molecule has 1 aromatic carbocycles. The lowest BCUT2D eigenvalue weighted by Gasteiger charge is -2.19. The van der Waals surface area contributed by atoms with Gasteiger partial charge in [-0.1, -0.05) is 25.4 Å². The quantitative estimate of drug-likeness (QED) is 0.520. The van der Waals surface area contributed by atoms with E-state index in [0.29, 0.717) is 19.0 Å². The van der Waals surface area contributed by atoms with Gasteiger partial charge in [-0.3, -0.25) is 4.79 Å². The normalized spacial score (nSPS) is 11.8. The van der Waals surface area contributed by atoms with E-state index in [2.05, 4.69) is 15.3 Å². The molecule has 0 atom stereocenters. The van der Waals surface area contributed by atoms with Crippen LogP contribution in [0.3, 0.4) is 0 Å². The van der Waals surface area contributed by atoms with Gasteiger partial charge < -0.3 is 10.1 Å². The zero-order valence-electron chi connectivity index (χ0n) is 17.6. The number of hydrogen-bond acceptors (Lipinski definition) is 7. The van der Waals surface area contributed by atoms with Gasteiger partial charge in [-0.05, 0) is 37.6 Å². The van der Waals surface area contributed by atoms with Gasteiger partial charge in [-0.2, -0.15) is 4.31 Å². The second-order valence-electron chi connectivity index (χ2n) is 6.71. The number of aromatic nitrogens is 2. The van der Waals surface area contributed by atoms with Crippen molar-refractivity contribution in [2.75, 3.05) is 25.0 Å². The van der Waals surface area contributed by atoms with Crippen LogP contribution in [0.2, 0.25) is 5.02 Å². The molecule has 0 bridgehead atoms. The summed E-state index contributed by atoms with van der Waals surface area (Å²) in [5.41, 5.74) is 1.20. The second kappa shape index (κ2) is 9.47. The van der Waals surface area contributed by atoms with Gasteiger partial charge in [0.2, 0.25) is 15.9 Å². The summed E-state index contributed by atoms with van der Waals surface area (Å²) in [6, 6.07) is 4.21. The number of fused-ring (bicyclic) bond motifs is 1. The van der Waals surface area contributed by atoms with Crippen molar-refractivity contribution in [2.45, 2.75) is 32.6 Å². The van der Waals surface area contributed by atoms with Crippen LogP contribution in [0.4, 0.5) is 5.69 Å². The number of benzene rings is 1. The van der Waals surface area contributed by atoms with Crippen LogP contribution in [0, 0.1) is 13.8 Å². The van der Waals surface area contributed by atoms with Crippen LogP contribution in [0.15, 0.2) is 29.4 Å². The van der Waals surface area contributed by atoms with Gasteiger partial charge in [0.05, 0.1) is 21.0 Å². The SMILES string of the molecule is CCN(CC)S(=O)(=O)c1ccc(Cl)c(NC(=O)COc2ncnc3sc(C)c(C)c23)c1. The van der Waals surface area contributed by atoms with E-state index in [0.717, 1.165) is 20.7 Å². The molecule has 2 aromatic heterocycles. The Kier molecular flexibility index (Phi) is 7.15. The number of sulfonamides is 1. The Hall–Kier alpha value is -2.27. The first kappa shape index (κ1) is 23.4. The van der Waals surface area contributed by atoms with Crippen LogP contribution in [0.1, 0.15) is 24.3 Å². The molecule has 0 saturated heterocycles. The molecule has 31 heavy (non-hydrogen) atoms. The minimum atomic E-state index is -3.68. The molecule has 0 aliphatic rings. The maximum absolute atomic E-state index is 12.7. The second-order valence-corrected chi connectivity index (χ2v) is 10.3. The topological polar surface area (TPSA) is 101 Å². The highest BCUT2D eigenvalue weighted by atomic mass is 35.5. The Morgan fingerprint density at radius 3 is 2.61 bits per heavy atom. The van der Waals surface area contributed by atoms with Crippen LogP contribution in [-0.4, -0.2) is 48.3 Å². The minimum absolute atomic E-state index is 0.0544. The number of rotatable bonds is 8. The van der Waals surface area contributed by atoms with E-state index in [9.17, 15) is 13.2 Å². The summed E-state index contributed by atoms with van der Waals surface area (Å²) in [5, 5.41) is 3.62. The third-order valence-corrected chi connectivity index (χ3v) is 8.32. The minimum Gasteiger partial charge on any atom is -0.467 e. The van der Waals surface area contributed by atoms with E-state index < -0.39 is 15.9 Å². The predicted molar refractivity (Wildman–Crippen MR) is 123 cm³/mol. The van der Waals surface area contributed by atoms with Crippen molar-refractivity contribution >= 4 is 54.8 Å². The third-order valence-electron chi connectivity index (χ3n) is 4.83. The van der Waals surface area contributed by atoms with Crippen LogP contribution < -0.4 is 10.1 Å². The summed E-state index contributed by atoms with van der Waals surface area (Å²) in [5.74, 6) is -0.165. The van der Waals surface area contributed by atoms with Crippen LogP contribution in [0.25, 0.3) is 10.2 Å². The highest BCUT2D eigenvalue weighted by Gasteiger charge is 2.23. The van der Waals surface area contributed by atoms with Gasteiger partial charge >= 0.3 is 0 Å². The number of anilines is 1. The molecule has 0 saturated carbocycles. The lowest BCUT2D eigenvalue weighted by molar-refractivity contribution is -0.118. The Morgan fingerprint density at radius 1 is 1.23 bits per heavy atom. The molecule has 8 nitrogen and oxygen atoms in total. The Balaban J connectivity index is 1.77. The third kappa shape index (κ3) is 4.82. The number of carbonyl (C=O) groups is 1. The van der Waals surface area contributed by atoms with E-state index in [1.807, 2.05) is 13.8 Å². The van der Waals surface area contributed by atoms with E-state index in [1.165, 1.54) is 40.2 Å². The lowest BCUT2D eigenvalue weighted by Crippen LogP contribution is -2.30. The Bertz CT molecular complexity index is 1220. The summed E-state index contributed by atoms with van der Waals surface area (Å²) in [7, 11) is -3.68. The van der Waals surface area contributed by atoms with Gasteiger partial charge in [-0.15, -0.1) is 11.3 Å². The van der Waals surface area contributed by atoms with Crippen molar-refractivity contribution in [1.82, 2.24) is 14.3 Å². The van der Waals surface area contributed by atoms with Crippen LogP contribution >= 0.6 is 22.9 Å². The Morgan fingerprint density at radius 2 is 1.94 bits per heavy atom. The number of thiophene rings is 1. The Labute approximate surface area is 190 Å². The fraction of sp³-hybridized carbons (Fsp3) is 0.350. The molecule has 1 amide bonds. The lowest BCUT2D eigenvalue weighted by atomic mass is 10.2. The van der Waals surface area contributed by atoms with Gasteiger partial charge in [0.1, 0.15) is 11.2 Å². The number of hydrogen-bond donors (Lipinski definition) is 1. The van der Waals surface area contributed by atoms with Crippen molar-refractivity contribution in [3.8, 4) is 5.88 Å². The average molecular weight is 483 g/mol.